The lowest BCUT2D eigenvalue weighted by Gasteiger charge is -2.11. The molecule has 2 rings (SSSR count). The van der Waals surface area contributed by atoms with Crippen LogP contribution in [0.4, 0.5) is 18.9 Å². The van der Waals surface area contributed by atoms with Gasteiger partial charge in [0, 0.05) is 28.1 Å². The van der Waals surface area contributed by atoms with Crippen LogP contribution in [0.1, 0.15) is 11.1 Å². The van der Waals surface area contributed by atoms with E-state index in [0.29, 0.717) is 22.4 Å². The number of anilines is 1. The average Bonchev–Trinajstić information content (AvgIpc) is 2.38. The van der Waals surface area contributed by atoms with Crippen LogP contribution in [0.25, 0.3) is 11.1 Å². The Labute approximate surface area is 118 Å². The monoisotopic (exact) mass is 298 g/mol. The van der Waals surface area contributed by atoms with Crippen LogP contribution in [0.15, 0.2) is 36.4 Å². The molecular formula is C14H10ClF3N2. The van der Waals surface area contributed by atoms with Gasteiger partial charge >= 0.3 is 6.18 Å². The largest absolute Gasteiger partial charge is 0.416 e. The van der Waals surface area contributed by atoms with E-state index in [0.717, 1.165) is 18.3 Å². The van der Waals surface area contributed by atoms with E-state index in [4.69, 9.17) is 22.7 Å². The lowest BCUT2D eigenvalue weighted by Crippen LogP contribution is -2.04. The summed E-state index contributed by atoms with van der Waals surface area (Å²) in [5.74, 6) is 0. The van der Waals surface area contributed by atoms with Crippen LogP contribution >= 0.6 is 11.6 Å². The smallest absolute Gasteiger partial charge is 0.398 e. The molecule has 0 aliphatic rings. The summed E-state index contributed by atoms with van der Waals surface area (Å²) in [4.78, 5) is 0. The minimum atomic E-state index is -4.43. The molecule has 3 N–H and O–H groups in total. The van der Waals surface area contributed by atoms with Crippen LogP contribution < -0.4 is 5.73 Å². The highest BCUT2D eigenvalue weighted by Crippen LogP contribution is 2.36. The van der Waals surface area contributed by atoms with Crippen molar-refractivity contribution < 1.29 is 13.2 Å². The number of nitrogen functional groups attached to an aromatic ring is 1. The minimum Gasteiger partial charge on any atom is -0.398 e. The van der Waals surface area contributed by atoms with Gasteiger partial charge in [-0.05, 0) is 29.8 Å². The third-order valence-corrected chi connectivity index (χ3v) is 3.16. The van der Waals surface area contributed by atoms with Gasteiger partial charge in [-0.3, -0.25) is 0 Å². The van der Waals surface area contributed by atoms with Gasteiger partial charge in [-0.2, -0.15) is 13.2 Å². The standard InChI is InChI=1S/C14H10ClF3N2/c15-12-6-10(14(16,17)18)2-3-11(12)8-1-4-13(20)9(5-8)7-19/h1-7,19H,20H2. The number of hydrogen-bond acceptors (Lipinski definition) is 2. The summed E-state index contributed by atoms with van der Waals surface area (Å²) in [6.07, 6.45) is -3.35. The average molecular weight is 299 g/mol. The fourth-order valence-electron chi connectivity index (χ4n) is 1.79. The molecule has 104 valence electrons. The Kier molecular flexibility index (Phi) is 3.72. The summed E-state index contributed by atoms with van der Waals surface area (Å²) in [6, 6.07) is 8.01. The van der Waals surface area contributed by atoms with Crippen LogP contribution in [-0.2, 0) is 6.18 Å². The summed E-state index contributed by atoms with van der Waals surface area (Å²) in [5.41, 5.74) is 6.84. The number of alkyl halides is 3. The molecule has 0 bridgehead atoms. The molecule has 0 radical (unpaired) electrons. The number of benzene rings is 2. The SMILES string of the molecule is N=Cc1cc(-c2ccc(C(F)(F)F)cc2Cl)ccc1N. The van der Waals surface area contributed by atoms with Crippen LogP contribution in [0.5, 0.6) is 0 Å². The fourth-order valence-corrected chi connectivity index (χ4v) is 2.08. The van der Waals surface area contributed by atoms with Gasteiger partial charge in [-0.1, -0.05) is 23.7 Å². The van der Waals surface area contributed by atoms with Crippen molar-refractivity contribution in [3.05, 3.63) is 52.5 Å². The Balaban J connectivity index is 2.51. The molecule has 0 aliphatic carbocycles. The van der Waals surface area contributed by atoms with Crippen molar-refractivity contribution >= 4 is 23.5 Å². The fraction of sp³-hybridized carbons (Fsp3) is 0.0714. The zero-order chi connectivity index (χ0) is 14.9. The van der Waals surface area contributed by atoms with Gasteiger partial charge in [0.2, 0.25) is 0 Å². The summed E-state index contributed by atoms with van der Waals surface area (Å²) in [7, 11) is 0. The zero-order valence-electron chi connectivity index (χ0n) is 10.1. The molecule has 2 aromatic rings. The lowest BCUT2D eigenvalue weighted by molar-refractivity contribution is -0.137. The normalized spacial score (nSPS) is 11.4. The predicted molar refractivity (Wildman–Crippen MR) is 74.2 cm³/mol. The summed E-state index contributed by atoms with van der Waals surface area (Å²) >= 11 is 5.92. The van der Waals surface area contributed by atoms with E-state index in [1.807, 2.05) is 0 Å². The van der Waals surface area contributed by atoms with E-state index in [1.54, 1.807) is 18.2 Å². The molecule has 0 atom stereocenters. The predicted octanol–water partition coefficient (Wildman–Crippen LogP) is 4.61. The van der Waals surface area contributed by atoms with Crippen molar-refractivity contribution in [1.29, 1.82) is 5.41 Å². The molecule has 0 saturated heterocycles. The summed E-state index contributed by atoms with van der Waals surface area (Å²) in [5, 5.41) is 7.23. The quantitative estimate of drug-likeness (QED) is 0.617. The maximum absolute atomic E-state index is 12.6. The second-order valence-corrected chi connectivity index (χ2v) is 4.59. The molecule has 2 aromatic carbocycles. The van der Waals surface area contributed by atoms with E-state index in [1.165, 1.54) is 6.07 Å². The Bertz CT molecular complexity index is 666. The Hall–Kier alpha value is -2.01. The van der Waals surface area contributed by atoms with Gasteiger partial charge in [0.1, 0.15) is 0 Å². The van der Waals surface area contributed by atoms with Crippen molar-refractivity contribution in [3.63, 3.8) is 0 Å². The third-order valence-electron chi connectivity index (χ3n) is 2.85. The van der Waals surface area contributed by atoms with Crippen molar-refractivity contribution in [3.8, 4) is 11.1 Å². The topological polar surface area (TPSA) is 49.9 Å². The lowest BCUT2D eigenvalue weighted by atomic mass is 10.0. The molecule has 0 aliphatic heterocycles. The first-order chi connectivity index (χ1) is 9.32. The van der Waals surface area contributed by atoms with Crippen molar-refractivity contribution in [2.75, 3.05) is 5.73 Å². The molecule has 6 heteroatoms. The van der Waals surface area contributed by atoms with Crippen LogP contribution in [0.3, 0.4) is 0 Å². The molecule has 0 heterocycles. The number of rotatable bonds is 2. The Morgan fingerprint density at radius 1 is 1.10 bits per heavy atom. The van der Waals surface area contributed by atoms with Crippen LogP contribution in [0, 0.1) is 5.41 Å². The van der Waals surface area contributed by atoms with Gasteiger partial charge < -0.3 is 11.1 Å². The zero-order valence-corrected chi connectivity index (χ0v) is 10.9. The molecular weight excluding hydrogens is 289 g/mol. The highest BCUT2D eigenvalue weighted by molar-refractivity contribution is 6.33. The van der Waals surface area contributed by atoms with E-state index >= 15 is 0 Å². The van der Waals surface area contributed by atoms with Gasteiger partial charge in [-0.25, -0.2) is 0 Å². The van der Waals surface area contributed by atoms with Crippen molar-refractivity contribution in [2.24, 2.45) is 0 Å². The van der Waals surface area contributed by atoms with Crippen molar-refractivity contribution in [2.45, 2.75) is 6.18 Å². The van der Waals surface area contributed by atoms with E-state index in [-0.39, 0.29) is 5.02 Å². The Morgan fingerprint density at radius 3 is 2.35 bits per heavy atom. The molecule has 0 unspecified atom stereocenters. The second kappa shape index (κ2) is 5.17. The van der Waals surface area contributed by atoms with Crippen LogP contribution in [0.2, 0.25) is 5.02 Å². The molecule has 20 heavy (non-hydrogen) atoms. The first-order valence-electron chi connectivity index (χ1n) is 5.60. The molecule has 0 fully saturated rings. The van der Waals surface area contributed by atoms with Gasteiger partial charge in [0.15, 0.2) is 0 Å². The summed E-state index contributed by atoms with van der Waals surface area (Å²) < 4.78 is 37.7. The highest BCUT2D eigenvalue weighted by Gasteiger charge is 2.30. The van der Waals surface area contributed by atoms with E-state index < -0.39 is 11.7 Å². The van der Waals surface area contributed by atoms with E-state index in [9.17, 15) is 13.2 Å². The number of hydrogen-bond donors (Lipinski definition) is 2. The van der Waals surface area contributed by atoms with Gasteiger partial charge in [0.25, 0.3) is 0 Å². The number of nitrogens with one attached hydrogen (secondary N) is 1. The van der Waals surface area contributed by atoms with Crippen molar-refractivity contribution in [1.82, 2.24) is 0 Å². The third kappa shape index (κ3) is 2.77. The first kappa shape index (κ1) is 14.4. The highest BCUT2D eigenvalue weighted by atomic mass is 35.5. The number of nitrogens with two attached hydrogens (primary N) is 1. The summed E-state index contributed by atoms with van der Waals surface area (Å²) in [6.45, 7) is 0. The molecule has 0 saturated carbocycles. The molecule has 0 amide bonds. The maximum atomic E-state index is 12.6. The molecule has 2 nitrogen and oxygen atoms in total. The second-order valence-electron chi connectivity index (χ2n) is 4.18. The first-order valence-corrected chi connectivity index (χ1v) is 5.98. The Morgan fingerprint density at radius 2 is 1.80 bits per heavy atom. The van der Waals surface area contributed by atoms with E-state index in [2.05, 4.69) is 0 Å². The molecule has 0 spiro atoms. The minimum absolute atomic E-state index is 0.000488. The molecule has 0 aromatic heterocycles. The van der Waals surface area contributed by atoms with Gasteiger partial charge in [0.05, 0.1) is 5.56 Å². The number of halogens is 4. The maximum Gasteiger partial charge on any atom is 0.416 e. The van der Waals surface area contributed by atoms with Crippen LogP contribution in [-0.4, -0.2) is 6.21 Å². The van der Waals surface area contributed by atoms with Gasteiger partial charge in [-0.15, -0.1) is 0 Å².